The monoisotopic (exact) mass is 337 g/mol. The molecule has 0 bridgehead atoms. The number of carbonyl (C=O) groups is 1. The van der Waals surface area contributed by atoms with Gasteiger partial charge in [-0.3, -0.25) is 0 Å². The van der Waals surface area contributed by atoms with Crippen LogP contribution in [0.1, 0.15) is 26.7 Å². The number of rotatable bonds is 5. The number of benzene rings is 1. The van der Waals surface area contributed by atoms with Gasteiger partial charge < -0.3 is 19.9 Å². The predicted molar refractivity (Wildman–Crippen MR) is 94.0 cm³/mol. The number of hydrogen-bond donors (Lipinski definition) is 1. The molecule has 0 spiro atoms. The number of likely N-dealkylation sites (tertiary alicyclic amines) is 1. The minimum atomic E-state index is -0.405. The molecule has 1 unspecified atom stereocenters. The molecule has 1 aromatic rings. The summed E-state index contributed by atoms with van der Waals surface area (Å²) in [4.78, 5) is 16.4. The van der Waals surface area contributed by atoms with Gasteiger partial charge in [0.1, 0.15) is 11.6 Å². The smallest absolute Gasteiger partial charge is 0.321 e. The van der Waals surface area contributed by atoms with Crippen LogP contribution in [0.15, 0.2) is 18.2 Å². The van der Waals surface area contributed by atoms with Crippen molar-refractivity contribution in [3.63, 3.8) is 0 Å². The minimum Gasteiger partial charge on any atom is -0.489 e. The Balaban J connectivity index is 1.99. The lowest BCUT2D eigenvalue weighted by molar-refractivity contribution is 0.169. The molecule has 2 amide bonds. The minimum absolute atomic E-state index is 0.0541. The molecule has 1 aromatic carbocycles. The lowest BCUT2D eigenvalue weighted by atomic mass is 9.98. The van der Waals surface area contributed by atoms with Crippen LogP contribution in [-0.4, -0.2) is 55.7 Å². The summed E-state index contributed by atoms with van der Waals surface area (Å²) >= 11 is 0. The molecule has 1 N–H and O–H groups in total. The highest BCUT2D eigenvalue weighted by Gasteiger charge is 2.21. The van der Waals surface area contributed by atoms with Gasteiger partial charge in [0.25, 0.3) is 0 Å². The number of ether oxygens (including phenoxy) is 1. The Morgan fingerprint density at radius 3 is 2.92 bits per heavy atom. The van der Waals surface area contributed by atoms with Gasteiger partial charge in [-0.2, -0.15) is 0 Å². The van der Waals surface area contributed by atoms with Crippen molar-refractivity contribution in [1.82, 2.24) is 9.80 Å². The Labute approximate surface area is 143 Å². The fourth-order valence-electron chi connectivity index (χ4n) is 3.06. The Morgan fingerprint density at radius 1 is 1.50 bits per heavy atom. The molecule has 1 saturated heterocycles. The van der Waals surface area contributed by atoms with Crippen molar-refractivity contribution in [3.05, 3.63) is 24.0 Å². The van der Waals surface area contributed by atoms with Crippen molar-refractivity contribution in [1.29, 1.82) is 0 Å². The molecule has 5 nitrogen and oxygen atoms in total. The molecule has 1 fully saturated rings. The average molecular weight is 337 g/mol. The van der Waals surface area contributed by atoms with Crippen LogP contribution >= 0.6 is 0 Å². The van der Waals surface area contributed by atoms with E-state index in [4.69, 9.17) is 4.74 Å². The lowest BCUT2D eigenvalue weighted by Gasteiger charge is -2.32. The Morgan fingerprint density at radius 2 is 2.25 bits per heavy atom. The summed E-state index contributed by atoms with van der Waals surface area (Å²) in [6.07, 6.45) is 2.23. The number of amides is 2. The third-order valence-corrected chi connectivity index (χ3v) is 4.15. The molecule has 1 atom stereocenters. The first-order valence-corrected chi connectivity index (χ1v) is 8.52. The van der Waals surface area contributed by atoms with E-state index in [-0.39, 0.29) is 12.1 Å². The SMILES string of the molecule is CC(C)Oc1ccc(F)cc1NC(=O)N(C)CC1CCCN(C)C1. The van der Waals surface area contributed by atoms with Gasteiger partial charge in [0.2, 0.25) is 0 Å². The molecule has 0 aliphatic carbocycles. The molecule has 6 heteroatoms. The number of halogens is 1. The van der Waals surface area contributed by atoms with E-state index >= 15 is 0 Å². The Bertz CT molecular complexity index is 565. The highest BCUT2D eigenvalue weighted by atomic mass is 19.1. The zero-order chi connectivity index (χ0) is 17.7. The average Bonchev–Trinajstić information content (AvgIpc) is 2.49. The Hall–Kier alpha value is -1.82. The molecule has 134 valence electrons. The summed E-state index contributed by atoms with van der Waals surface area (Å²) in [5.74, 6) is 0.543. The third kappa shape index (κ3) is 5.37. The van der Waals surface area contributed by atoms with E-state index in [1.165, 1.54) is 12.1 Å². The van der Waals surface area contributed by atoms with Gasteiger partial charge in [-0.05, 0) is 58.3 Å². The van der Waals surface area contributed by atoms with E-state index in [9.17, 15) is 9.18 Å². The van der Waals surface area contributed by atoms with Crippen molar-refractivity contribution >= 4 is 11.7 Å². The van der Waals surface area contributed by atoms with Crippen LogP contribution in [0.25, 0.3) is 0 Å². The molecule has 0 aromatic heterocycles. The number of piperidine rings is 1. The number of urea groups is 1. The van der Waals surface area contributed by atoms with Crippen LogP contribution in [-0.2, 0) is 0 Å². The van der Waals surface area contributed by atoms with E-state index in [0.29, 0.717) is 23.9 Å². The third-order valence-electron chi connectivity index (χ3n) is 4.15. The zero-order valence-electron chi connectivity index (χ0n) is 15.0. The molecule has 1 heterocycles. The van der Waals surface area contributed by atoms with Crippen LogP contribution in [0, 0.1) is 11.7 Å². The second kappa shape index (κ2) is 8.33. The van der Waals surface area contributed by atoms with E-state index < -0.39 is 5.82 Å². The maximum Gasteiger partial charge on any atom is 0.321 e. The Kier molecular flexibility index (Phi) is 6.43. The molecular formula is C18H28FN3O2. The summed E-state index contributed by atoms with van der Waals surface area (Å²) in [7, 11) is 3.88. The highest BCUT2D eigenvalue weighted by molar-refractivity contribution is 5.90. The van der Waals surface area contributed by atoms with Gasteiger partial charge in [0.05, 0.1) is 11.8 Å². The maximum atomic E-state index is 13.5. The van der Waals surface area contributed by atoms with Gasteiger partial charge >= 0.3 is 6.03 Å². The van der Waals surface area contributed by atoms with Crippen LogP contribution in [0.4, 0.5) is 14.9 Å². The molecule has 0 saturated carbocycles. The summed E-state index contributed by atoms with van der Waals surface area (Å²) in [5, 5.41) is 2.77. The van der Waals surface area contributed by atoms with E-state index in [1.54, 1.807) is 18.0 Å². The normalized spacial score (nSPS) is 18.5. The first kappa shape index (κ1) is 18.5. The van der Waals surface area contributed by atoms with Crippen LogP contribution in [0.2, 0.25) is 0 Å². The van der Waals surface area contributed by atoms with Crippen LogP contribution in [0.3, 0.4) is 0 Å². The second-order valence-corrected chi connectivity index (χ2v) is 6.89. The largest absolute Gasteiger partial charge is 0.489 e. The number of anilines is 1. The molecule has 24 heavy (non-hydrogen) atoms. The van der Waals surface area contributed by atoms with Gasteiger partial charge in [-0.1, -0.05) is 0 Å². The summed E-state index contributed by atoms with van der Waals surface area (Å²) < 4.78 is 19.2. The lowest BCUT2D eigenvalue weighted by Crippen LogP contribution is -2.41. The predicted octanol–water partition coefficient (Wildman–Crippen LogP) is 3.42. The molecule has 1 aliphatic heterocycles. The first-order valence-electron chi connectivity index (χ1n) is 8.52. The quantitative estimate of drug-likeness (QED) is 0.895. The second-order valence-electron chi connectivity index (χ2n) is 6.89. The van der Waals surface area contributed by atoms with Crippen molar-refractivity contribution in [2.75, 3.05) is 39.0 Å². The summed E-state index contributed by atoms with van der Waals surface area (Å²) in [5.41, 5.74) is 0.362. The van der Waals surface area contributed by atoms with E-state index in [1.807, 2.05) is 13.8 Å². The zero-order valence-corrected chi connectivity index (χ0v) is 15.0. The maximum absolute atomic E-state index is 13.5. The van der Waals surface area contributed by atoms with E-state index in [0.717, 1.165) is 25.9 Å². The highest BCUT2D eigenvalue weighted by Crippen LogP contribution is 2.27. The van der Waals surface area contributed by atoms with Gasteiger partial charge in [-0.25, -0.2) is 9.18 Å². The summed E-state index contributed by atoms with van der Waals surface area (Å²) in [6.45, 7) is 6.58. The van der Waals surface area contributed by atoms with Crippen molar-refractivity contribution < 1.29 is 13.9 Å². The van der Waals surface area contributed by atoms with Gasteiger partial charge in [0.15, 0.2) is 0 Å². The fourth-order valence-corrected chi connectivity index (χ4v) is 3.06. The van der Waals surface area contributed by atoms with Gasteiger partial charge in [0, 0.05) is 26.2 Å². The van der Waals surface area contributed by atoms with Crippen molar-refractivity contribution in [2.45, 2.75) is 32.8 Å². The fraction of sp³-hybridized carbons (Fsp3) is 0.611. The van der Waals surface area contributed by atoms with Gasteiger partial charge in [-0.15, -0.1) is 0 Å². The van der Waals surface area contributed by atoms with Crippen LogP contribution < -0.4 is 10.1 Å². The van der Waals surface area contributed by atoms with Crippen molar-refractivity contribution in [2.24, 2.45) is 5.92 Å². The topological polar surface area (TPSA) is 44.8 Å². The summed E-state index contributed by atoms with van der Waals surface area (Å²) in [6, 6.07) is 3.91. The number of hydrogen-bond acceptors (Lipinski definition) is 3. The molecule has 0 radical (unpaired) electrons. The number of carbonyl (C=O) groups excluding carboxylic acids is 1. The van der Waals surface area contributed by atoms with E-state index in [2.05, 4.69) is 17.3 Å². The molecule has 1 aliphatic rings. The van der Waals surface area contributed by atoms with Crippen molar-refractivity contribution in [3.8, 4) is 5.75 Å². The molecular weight excluding hydrogens is 309 g/mol. The standard InChI is InChI=1S/C18H28FN3O2/c1-13(2)24-17-8-7-15(19)10-16(17)20-18(23)22(4)12-14-6-5-9-21(3)11-14/h7-8,10,13-14H,5-6,9,11-12H2,1-4H3,(H,20,23). The first-order chi connectivity index (χ1) is 11.3. The number of nitrogens with one attached hydrogen (secondary N) is 1. The van der Waals surface area contributed by atoms with Crippen LogP contribution in [0.5, 0.6) is 5.75 Å². The molecule has 2 rings (SSSR count). The number of nitrogens with zero attached hydrogens (tertiary/aromatic N) is 2.